The SMILES string of the molecule is COc1cc(Cl)c(C)cc1NC(=O)C(C)Sc1nc2ccccc2c(=O)n1C1CC1. The summed E-state index contributed by atoms with van der Waals surface area (Å²) in [6.45, 7) is 3.66. The number of ether oxygens (including phenoxy) is 1. The summed E-state index contributed by atoms with van der Waals surface area (Å²) in [5, 5.41) is 4.18. The van der Waals surface area contributed by atoms with E-state index in [0.717, 1.165) is 18.4 Å². The molecular formula is C22H22ClN3O3S. The number of rotatable bonds is 6. The van der Waals surface area contributed by atoms with Crippen molar-refractivity contribution in [2.45, 2.75) is 43.1 Å². The van der Waals surface area contributed by atoms with E-state index in [1.165, 1.54) is 18.9 Å². The number of methoxy groups -OCH3 is 1. The van der Waals surface area contributed by atoms with Gasteiger partial charge in [0.2, 0.25) is 5.91 Å². The first-order valence-corrected chi connectivity index (χ1v) is 11.0. The third-order valence-electron chi connectivity index (χ3n) is 5.08. The van der Waals surface area contributed by atoms with Gasteiger partial charge in [-0.25, -0.2) is 4.98 Å². The first-order chi connectivity index (χ1) is 14.4. The van der Waals surface area contributed by atoms with Gasteiger partial charge in [-0.3, -0.25) is 14.2 Å². The van der Waals surface area contributed by atoms with Crippen LogP contribution in [0.4, 0.5) is 5.69 Å². The molecule has 30 heavy (non-hydrogen) atoms. The minimum absolute atomic E-state index is 0.0480. The van der Waals surface area contributed by atoms with Crippen LogP contribution in [0.3, 0.4) is 0 Å². The van der Waals surface area contributed by atoms with Gasteiger partial charge < -0.3 is 10.1 Å². The Labute approximate surface area is 183 Å². The van der Waals surface area contributed by atoms with Gasteiger partial charge in [0.05, 0.1) is 29.0 Å². The van der Waals surface area contributed by atoms with E-state index in [0.29, 0.717) is 32.5 Å². The Morgan fingerprint density at radius 3 is 2.77 bits per heavy atom. The quantitative estimate of drug-likeness (QED) is 0.436. The molecule has 0 aliphatic heterocycles. The molecule has 1 N–H and O–H groups in total. The van der Waals surface area contributed by atoms with E-state index in [2.05, 4.69) is 10.3 Å². The normalized spacial score (nSPS) is 14.5. The molecule has 1 aliphatic carbocycles. The van der Waals surface area contributed by atoms with Crippen molar-refractivity contribution < 1.29 is 9.53 Å². The summed E-state index contributed by atoms with van der Waals surface area (Å²) in [5.41, 5.74) is 1.99. The van der Waals surface area contributed by atoms with Crippen molar-refractivity contribution in [1.29, 1.82) is 0 Å². The number of aryl methyl sites for hydroxylation is 1. The van der Waals surface area contributed by atoms with Crippen molar-refractivity contribution in [3.05, 3.63) is 57.3 Å². The third kappa shape index (κ3) is 4.04. The van der Waals surface area contributed by atoms with Crippen LogP contribution in [0.2, 0.25) is 5.02 Å². The van der Waals surface area contributed by atoms with Gasteiger partial charge in [0.15, 0.2) is 5.16 Å². The predicted octanol–water partition coefficient (Wildman–Crippen LogP) is 4.82. The smallest absolute Gasteiger partial charge is 0.262 e. The number of anilines is 1. The fraction of sp³-hybridized carbons (Fsp3) is 0.318. The van der Waals surface area contributed by atoms with E-state index < -0.39 is 5.25 Å². The Kier molecular flexibility index (Phi) is 5.75. The van der Waals surface area contributed by atoms with Crippen LogP contribution in [0.25, 0.3) is 10.9 Å². The van der Waals surface area contributed by atoms with Gasteiger partial charge >= 0.3 is 0 Å². The zero-order valence-electron chi connectivity index (χ0n) is 16.9. The zero-order chi connectivity index (χ0) is 21.4. The molecule has 0 spiro atoms. The van der Waals surface area contributed by atoms with Gasteiger partial charge in [-0.2, -0.15) is 0 Å². The molecule has 4 rings (SSSR count). The molecular weight excluding hydrogens is 422 g/mol. The summed E-state index contributed by atoms with van der Waals surface area (Å²) >= 11 is 7.44. The summed E-state index contributed by atoms with van der Waals surface area (Å²) in [7, 11) is 1.53. The molecule has 3 aromatic rings. The van der Waals surface area contributed by atoms with Gasteiger partial charge in [0.25, 0.3) is 5.56 Å². The lowest BCUT2D eigenvalue weighted by molar-refractivity contribution is -0.115. The van der Waals surface area contributed by atoms with Crippen LogP contribution in [0.5, 0.6) is 5.75 Å². The topological polar surface area (TPSA) is 73.2 Å². The van der Waals surface area contributed by atoms with E-state index in [9.17, 15) is 9.59 Å². The Balaban J connectivity index is 1.61. The highest BCUT2D eigenvalue weighted by molar-refractivity contribution is 8.00. The number of carbonyl (C=O) groups is 1. The monoisotopic (exact) mass is 443 g/mol. The number of aromatic nitrogens is 2. The molecule has 1 fully saturated rings. The first kappa shape index (κ1) is 20.8. The average molecular weight is 444 g/mol. The first-order valence-electron chi connectivity index (χ1n) is 9.72. The number of benzene rings is 2. The van der Waals surface area contributed by atoms with Gasteiger partial charge in [0, 0.05) is 17.1 Å². The number of amides is 1. The highest BCUT2D eigenvalue weighted by Gasteiger charge is 2.30. The Bertz CT molecular complexity index is 1190. The van der Waals surface area contributed by atoms with Crippen LogP contribution in [0, 0.1) is 6.92 Å². The van der Waals surface area contributed by atoms with E-state index in [4.69, 9.17) is 16.3 Å². The molecule has 2 aromatic carbocycles. The number of nitrogens with one attached hydrogen (secondary N) is 1. The standard InChI is InChI=1S/C22H22ClN3O3S/c1-12-10-18(19(29-3)11-16(12)23)24-20(27)13(2)30-22-25-17-7-5-4-6-15(17)21(28)26(22)14-8-9-14/h4-7,10-11,13-14H,8-9H2,1-3H3,(H,24,27). The minimum Gasteiger partial charge on any atom is -0.495 e. The molecule has 6 nitrogen and oxygen atoms in total. The molecule has 0 bridgehead atoms. The number of nitrogens with zero attached hydrogens (tertiary/aromatic N) is 2. The largest absolute Gasteiger partial charge is 0.495 e. The fourth-order valence-corrected chi connectivity index (χ4v) is 4.37. The van der Waals surface area contributed by atoms with E-state index in [-0.39, 0.29) is 17.5 Å². The van der Waals surface area contributed by atoms with Crippen molar-refractivity contribution in [3.63, 3.8) is 0 Å². The van der Waals surface area contributed by atoms with Crippen LogP contribution < -0.4 is 15.6 Å². The molecule has 1 aromatic heterocycles. The third-order valence-corrected chi connectivity index (χ3v) is 6.55. The molecule has 1 atom stereocenters. The summed E-state index contributed by atoms with van der Waals surface area (Å²) in [6.07, 6.45) is 1.91. The van der Waals surface area contributed by atoms with Crippen molar-refractivity contribution in [3.8, 4) is 5.75 Å². The lowest BCUT2D eigenvalue weighted by atomic mass is 10.2. The molecule has 1 aliphatic rings. The summed E-state index contributed by atoms with van der Waals surface area (Å²) < 4.78 is 7.08. The second-order valence-electron chi connectivity index (χ2n) is 7.37. The second kappa shape index (κ2) is 8.32. The number of para-hydroxylation sites is 1. The zero-order valence-corrected chi connectivity index (χ0v) is 18.5. The van der Waals surface area contributed by atoms with Crippen molar-refractivity contribution in [2.24, 2.45) is 0 Å². The summed E-state index contributed by atoms with van der Waals surface area (Å²) in [4.78, 5) is 30.6. The van der Waals surface area contributed by atoms with E-state index in [1.54, 1.807) is 29.7 Å². The Morgan fingerprint density at radius 2 is 2.07 bits per heavy atom. The average Bonchev–Trinajstić information content (AvgIpc) is 3.55. The number of fused-ring (bicyclic) bond motifs is 1. The maximum Gasteiger partial charge on any atom is 0.262 e. The maximum absolute atomic E-state index is 13.0. The Morgan fingerprint density at radius 1 is 1.33 bits per heavy atom. The van der Waals surface area contributed by atoms with Crippen molar-refractivity contribution in [1.82, 2.24) is 9.55 Å². The van der Waals surface area contributed by atoms with Crippen LogP contribution in [-0.4, -0.2) is 27.8 Å². The lowest BCUT2D eigenvalue weighted by Crippen LogP contribution is -2.26. The van der Waals surface area contributed by atoms with E-state index >= 15 is 0 Å². The van der Waals surface area contributed by atoms with Crippen LogP contribution >= 0.6 is 23.4 Å². The van der Waals surface area contributed by atoms with Crippen molar-refractivity contribution >= 4 is 45.9 Å². The molecule has 1 heterocycles. The lowest BCUT2D eigenvalue weighted by Gasteiger charge is -2.17. The molecule has 1 saturated carbocycles. The van der Waals surface area contributed by atoms with Crippen LogP contribution in [-0.2, 0) is 4.79 Å². The van der Waals surface area contributed by atoms with Gasteiger partial charge in [-0.15, -0.1) is 0 Å². The number of halogens is 1. The second-order valence-corrected chi connectivity index (χ2v) is 9.08. The molecule has 0 saturated heterocycles. The number of carbonyl (C=O) groups excluding carboxylic acids is 1. The highest BCUT2D eigenvalue weighted by atomic mass is 35.5. The maximum atomic E-state index is 13.0. The summed E-state index contributed by atoms with van der Waals surface area (Å²) in [6, 6.07) is 10.9. The molecule has 1 unspecified atom stereocenters. The van der Waals surface area contributed by atoms with Gasteiger partial charge in [-0.1, -0.05) is 35.5 Å². The number of hydrogen-bond acceptors (Lipinski definition) is 5. The predicted molar refractivity (Wildman–Crippen MR) is 121 cm³/mol. The Hall–Kier alpha value is -2.51. The fourth-order valence-electron chi connectivity index (χ4n) is 3.24. The van der Waals surface area contributed by atoms with Crippen LogP contribution in [0.1, 0.15) is 31.4 Å². The molecule has 156 valence electrons. The van der Waals surface area contributed by atoms with Crippen LogP contribution in [0.15, 0.2) is 46.3 Å². The van der Waals surface area contributed by atoms with Gasteiger partial charge in [-0.05, 0) is 50.5 Å². The molecule has 1 amide bonds. The molecule has 0 radical (unpaired) electrons. The number of thioether (sulfide) groups is 1. The van der Waals surface area contributed by atoms with E-state index in [1.807, 2.05) is 25.1 Å². The minimum atomic E-state index is -0.469. The number of hydrogen-bond donors (Lipinski definition) is 1. The van der Waals surface area contributed by atoms with Gasteiger partial charge in [0.1, 0.15) is 5.75 Å². The van der Waals surface area contributed by atoms with Crippen molar-refractivity contribution in [2.75, 3.05) is 12.4 Å². The summed E-state index contributed by atoms with van der Waals surface area (Å²) in [5.74, 6) is 0.291. The highest BCUT2D eigenvalue weighted by Crippen LogP contribution is 2.38. The molecule has 8 heteroatoms.